The number of aryl methyl sites for hydroxylation is 1. The highest BCUT2D eigenvalue weighted by Crippen LogP contribution is 2.32. The van der Waals surface area contributed by atoms with Crippen LogP contribution in [0.1, 0.15) is 47.0 Å². The number of aromatic nitrogens is 5. The van der Waals surface area contributed by atoms with Gasteiger partial charge in [-0.1, -0.05) is 36.4 Å². The standard InChI is InChI=1S/C26H28N6O2/c1-17-8-9-19-14-22(26(33)27-23(19)13-17)24(31-11-10-18-5-2-3-6-20(18)15-31)25-28-29-30-32(25)16-21-7-4-12-34-21/h2-3,5-6,8-9,13-14,21,24H,4,7,10-12,15-16H2,1H3,(H,27,33)/t21-,24+/m0/s1. The van der Waals surface area contributed by atoms with Crippen molar-refractivity contribution in [2.24, 2.45) is 0 Å². The van der Waals surface area contributed by atoms with Crippen LogP contribution in [0.5, 0.6) is 0 Å². The van der Waals surface area contributed by atoms with Crippen LogP contribution in [0.4, 0.5) is 0 Å². The first kappa shape index (κ1) is 21.2. The summed E-state index contributed by atoms with van der Waals surface area (Å²) < 4.78 is 7.69. The van der Waals surface area contributed by atoms with Gasteiger partial charge in [-0.3, -0.25) is 9.69 Å². The topological polar surface area (TPSA) is 88.9 Å². The molecule has 4 heterocycles. The van der Waals surface area contributed by atoms with Crippen molar-refractivity contribution in [2.45, 2.75) is 51.4 Å². The Kier molecular flexibility index (Phi) is 5.47. The maximum atomic E-state index is 13.4. The van der Waals surface area contributed by atoms with Gasteiger partial charge in [0.05, 0.1) is 12.6 Å². The summed E-state index contributed by atoms with van der Waals surface area (Å²) in [7, 11) is 0. The lowest BCUT2D eigenvalue weighted by Gasteiger charge is -2.35. The average Bonchev–Trinajstić information content (AvgIpc) is 3.52. The summed E-state index contributed by atoms with van der Waals surface area (Å²) in [6.45, 7) is 4.95. The molecule has 1 fully saturated rings. The molecule has 0 unspecified atom stereocenters. The average molecular weight is 457 g/mol. The second-order valence-corrected chi connectivity index (χ2v) is 9.39. The minimum absolute atomic E-state index is 0.0999. The Hall–Kier alpha value is -3.36. The molecular formula is C26H28N6O2. The third-order valence-corrected chi connectivity index (χ3v) is 7.05. The Bertz CT molecular complexity index is 1390. The number of hydrogen-bond acceptors (Lipinski definition) is 6. The molecular weight excluding hydrogens is 428 g/mol. The highest BCUT2D eigenvalue weighted by molar-refractivity contribution is 5.79. The van der Waals surface area contributed by atoms with Crippen molar-refractivity contribution < 1.29 is 4.74 Å². The molecule has 0 amide bonds. The van der Waals surface area contributed by atoms with Crippen LogP contribution in [0.25, 0.3) is 10.9 Å². The molecule has 8 heteroatoms. The van der Waals surface area contributed by atoms with Gasteiger partial charge in [0.25, 0.3) is 5.56 Å². The fourth-order valence-electron chi connectivity index (χ4n) is 5.29. The van der Waals surface area contributed by atoms with Gasteiger partial charge in [0.15, 0.2) is 5.82 Å². The maximum Gasteiger partial charge on any atom is 0.253 e. The van der Waals surface area contributed by atoms with Crippen LogP contribution in [-0.2, 0) is 24.2 Å². The van der Waals surface area contributed by atoms with E-state index in [-0.39, 0.29) is 17.7 Å². The fourth-order valence-corrected chi connectivity index (χ4v) is 5.29. The van der Waals surface area contributed by atoms with Crippen molar-refractivity contribution in [3.8, 4) is 0 Å². The van der Waals surface area contributed by atoms with Crippen molar-refractivity contribution in [3.63, 3.8) is 0 Å². The van der Waals surface area contributed by atoms with Gasteiger partial charge in [0.1, 0.15) is 6.04 Å². The zero-order valence-electron chi connectivity index (χ0n) is 19.3. The minimum Gasteiger partial charge on any atom is -0.376 e. The van der Waals surface area contributed by atoms with Gasteiger partial charge >= 0.3 is 0 Å². The van der Waals surface area contributed by atoms with E-state index in [9.17, 15) is 4.79 Å². The SMILES string of the molecule is Cc1ccc2cc([C@H](c3nnnn3C[C@@H]3CCCO3)N3CCc4ccccc4C3)c(=O)[nH]c2c1. The van der Waals surface area contributed by atoms with E-state index in [1.54, 1.807) is 0 Å². The number of tetrazole rings is 1. The van der Waals surface area contributed by atoms with Crippen LogP contribution in [0, 0.1) is 6.92 Å². The van der Waals surface area contributed by atoms with E-state index >= 15 is 0 Å². The molecule has 0 spiro atoms. The van der Waals surface area contributed by atoms with Crippen LogP contribution in [0.15, 0.2) is 53.3 Å². The number of H-pyrrole nitrogens is 1. The van der Waals surface area contributed by atoms with E-state index in [4.69, 9.17) is 4.74 Å². The van der Waals surface area contributed by atoms with Crippen molar-refractivity contribution in [2.75, 3.05) is 13.2 Å². The third kappa shape index (κ3) is 3.93. The third-order valence-electron chi connectivity index (χ3n) is 7.05. The zero-order chi connectivity index (χ0) is 23.1. The maximum absolute atomic E-state index is 13.4. The molecule has 1 saturated heterocycles. The molecule has 34 heavy (non-hydrogen) atoms. The lowest BCUT2D eigenvalue weighted by Crippen LogP contribution is -2.39. The molecule has 0 saturated carbocycles. The molecule has 2 aliphatic rings. The number of aromatic amines is 1. The lowest BCUT2D eigenvalue weighted by molar-refractivity contribution is 0.0904. The normalized spacial score (nSPS) is 19.4. The predicted molar refractivity (Wildman–Crippen MR) is 128 cm³/mol. The summed E-state index contributed by atoms with van der Waals surface area (Å²) in [4.78, 5) is 18.9. The highest BCUT2D eigenvalue weighted by Gasteiger charge is 2.33. The summed E-state index contributed by atoms with van der Waals surface area (Å²) in [6.07, 6.45) is 3.07. The van der Waals surface area contributed by atoms with Crippen LogP contribution in [0.2, 0.25) is 0 Å². The molecule has 6 rings (SSSR count). The number of fused-ring (bicyclic) bond motifs is 2. The van der Waals surface area contributed by atoms with Crippen molar-refractivity contribution in [3.05, 3.63) is 87.0 Å². The number of nitrogens with one attached hydrogen (secondary N) is 1. The van der Waals surface area contributed by atoms with Gasteiger partial charge in [-0.05, 0) is 70.8 Å². The largest absolute Gasteiger partial charge is 0.376 e. The van der Waals surface area contributed by atoms with Crippen molar-refractivity contribution in [1.82, 2.24) is 30.1 Å². The summed E-state index contributed by atoms with van der Waals surface area (Å²) in [6, 6.07) is 16.3. The highest BCUT2D eigenvalue weighted by atomic mass is 16.5. The number of ether oxygens (including phenoxy) is 1. The predicted octanol–water partition coefficient (Wildman–Crippen LogP) is 3.15. The quantitative estimate of drug-likeness (QED) is 0.496. The summed E-state index contributed by atoms with van der Waals surface area (Å²) in [5.41, 5.74) is 5.16. The van der Waals surface area contributed by atoms with E-state index in [1.165, 1.54) is 11.1 Å². The van der Waals surface area contributed by atoms with E-state index in [0.717, 1.165) is 55.4 Å². The van der Waals surface area contributed by atoms with Gasteiger partial charge in [-0.15, -0.1) is 5.10 Å². The van der Waals surface area contributed by atoms with E-state index in [0.29, 0.717) is 17.9 Å². The number of pyridine rings is 1. The molecule has 2 aromatic heterocycles. The minimum atomic E-state index is -0.362. The molecule has 1 N–H and O–H groups in total. The Morgan fingerprint density at radius 1 is 1.18 bits per heavy atom. The fraction of sp³-hybridized carbons (Fsp3) is 0.385. The van der Waals surface area contributed by atoms with Crippen LogP contribution in [0.3, 0.4) is 0 Å². The molecule has 4 aromatic rings. The van der Waals surface area contributed by atoms with Crippen LogP contribution >= 0.6 is 0 Å². The van der Waals surface area contributed by atoms with Gasteiger partial charge < -0.3 is 9.72 Å². The molecule has 0 radical (unpaired) electrons. The summed E-state index contributed by atoms with van der Waals surface area (Å²) in [5, 5.41) is 13.8. The van der Waals surface area contributed by atoms with Gasteiger partial charge in [0.2, 0.25) is 0 Å². The van der Waals surface area contributed by atoms with Crippen LogP contribution in [-0.4, -0.2) is 49.3 Å². The molecule has 0 bridgehead atoms. The van der Waals surface area contributed by atoms with Gasteiger partial charge in [0, 0.05) is 30.8 Å². The molecule has 2 aromatic carbocycles. The van der Waals surface area contributed by atoms with Crippen molar-refractivity contribution >= 4 is 10.9 Å². The molecule has 174 valence electrons. The van der Waals surface area contributed by atoms with Crippen molar-refractivity contribution in [1.29, 1.82) is 0 Å². The zero-order valence-corrected chi connectivity index (χ0v) is 19.3. The monoisotopic (exact) mass is 456 g/mol. The van der Waals surface area contributed by atoms with Gasteiger partial charge in [-0.25, -0.2) is 4.68 Å². The van der Waals surface area contributed by atoms with E-state index < -0.39 is 0 Å². The number of benzene rings is 2. The number of rotatable bonds is 5. The van der Waals surface area contributed by atoms with E-state index in [2.05, 4.69) is 61.8 Å². The lowest BCUT2D eigenvalue weighted by atomic mass is 9.95. The second-order valence-electron chi connectivity index (χ2n) is 9.39. The van der Waals surface area contributed by atoms with Crippen LogP contribution < -0.4 is 5.56 Å². The molecule has 0 aliphatic carbocycles. The number of hydrogen-bond donors (Lipinski definition) is 1. The number of nitrogens with zero attached hydrogens (tertiary/aromatic N) is 5. The van der Waals surface area contributed by atoms with E-state index in [1.807, 2.05) is 23.7 Å². The van der Waals surface area contributed by atoms with Gasteiger partial charge in [-0.2, -0.15) is 0 Å². The second kappa shape index (κ2) is 8.77. The Morgan fingerprint density at radius 3 is 2.91 bits per heavy atom. The first-order chi connectivity index (χ1) is 16.7. The Balaban J connectivity index is 1.46. The Labute approximate surface area is 197 Å². The molecule has 2 aliphatic heterocycles. The smallest absolute Gasteiger partial charge is 0.253 e. The summed E-state index contributed by atoms with van der Waals surface area (Å²) in [5.74, 6) is 0.687. The Morgan fingerprint density at radius 2 is 2.06 bits per heavy atom. The first-order valence-corrected chi connectivity index (χ1v) is 12.0. The summed E-state index contributed by atoms with van der Waals surface area (Å²) >= 11 is 0. The molecule has 8 nitrogen and oxygen atoms in total. The first-order valence-electron chi connectivity index (χ1n) is 12.0. The molecule has 2 atom stereocenters.